The lowest BCUT2D eigenvalue weighted by atomic mass is 9.91. The van der Waals surface area contributed by atoms with Crippen molar-refractivity contribution >= 4 is 17.7 Å². The highest BCUT2D eigenvalue weighted by atomic mass is 32.2. The van der Waals surface area contributed by atoms with Crippen LogP contribution in [0, 0.1) is 13.8 Å². The van der Waals surface area contributed by atoms with E-state index in [1.54, 1.807) is 11.8 Å². The maximum Gasteiger partial charge on any atom is 0.232 e. The number of rotatable bonds is 8. The van der Waals surface area contributed by atoms with E-state index in [1.807, 2.05) is 18.7 Å². The zero-order chi connectivity index (χ0) is 15.2. The van der Waals surface area contributed by atoms with E-state index in [2.05, 4.69) is 5.16 Å². The second-order valence-corrected chi connectivity index (χ2v) is 6.53. The van der Waals surface area contributed by atoms with Crippen molar-refractivity contribution < 1.29 is 14.4 Å². The quantitative estimate of drug-likeness (QED) is 0.798. The molecule has 0 unspecified atom stereocenters. The lowest BCUT2D eigenvalue weighted by molar-refractivity contribution is -0.132. The number of hydrogen-bond donors (Lipinski definition) is 1. The van der Waals surface area contributed by atoms with Crippen LogP contribution in [0.3, 0.4) is 0 Å². The summed E-state index contributed by atoms with van der Waals surface area (Å²) in [5.41, 5.74) is 2.00. The van der Waals surface area contributed by atoms with Gasteiger partial charge < -0.3 is 14.5 Å². The van der Waals surface area contributed by atoms with Gasteiger partial charge in [0.2, 0.25) is 5.91 Å². The third kappa shape index (κ3) is 4.23. The van der Waals surface area contributed by atoms with Gasteiger partial charge in [0.05, 0.1) is 11.4 Å². The van der Waals surface area contributed by atoms with Crippen molar-refractivity contribution in [1.29, 1.82) is 0 Å². The minimum Gasteiger partial charge on any atom is -0.396 e. The summed E-state index contributed by atoms with van der Waals surface area (Å²) in [6.45, 7) is 4.64. The normalized spacial score (nSPS) is 15.0. The molecule has 0 aliphatic heterocycles. The molecule has 1 amide bonds. The fourth-order valence-corrected chi connectivity index (χ4v) is 3.54. The van der Waals surface area contributed by atoms with Crippen LogP contribution in [-0.4, -0.2) is 46.0 Å². The molecule has 1 aliphatic carbocycles. The van der Waals surface area contributed by atoms with Gasteiger partial charge in [-0.05, 0) is 39.5 Å². The van der Waals surface area contributed by atoms with Gasteiger partial charge in [0.25, 0.3) is 0 Å². The first kappa shape index (κ1) is 16.4. The Morgan fingerprint density at radius 2 is 2.24 bits per heavy atom. The van der Waals surface area contributed by atoms with E-state index >= 15 is 0 Å². The summed E-state index contributed by atoms with van der Waals surface area (Å²) >= 11 is 1.61. The summed E-state index contributed by atoms with van der Waals surface area (Å²) in [4.78, 5) is 14.3. The summed E-state index contributed by atoms with van der Waals surface area (Å²) in [6.07, 6.45) is 4.08. The second-order valence-electron chi connectivity index (χ2n) is 5.54. The lowest BCUT2D eigenvalue weighted by Gasteiger charge is -2.37. The number of carbonyl (C=O) groups is 1. The predicted octanol–water partition coefficient (Wildman–Crippen LogP) is 2.29. The van der Waals surface area contributed by atoms with Gasteiger partial charge in [0, 0.05) is 30.5 Å². The van der Waals surface area contributed by atoms with E-state index in [1.165, 1.54) is 6.42 Å². The van der Waals surface area contributed by atoms with Gasteiger partial charge in [0.1, 0.15) is 5.76 Å². The molecule has 1 aromatic rings. The summed E-state index contributed by atoms with van der Waals surface area (Å²) in [6, 6.07) is 0.392. The van der Waals surface area contributed by atoms with Gasteiger partial charge in [-0.3, -0.25) is 4.79 Å². The predicted molar refractivity (Wildman–Crippen MR) is 83.2 cm³/mol. The van der Waals surface area contributed by atoms with Crippen LogP contribution in [0.4, 0.5) is 0 Å². The molecule has 0 radical (unpaired) electrons. The summed E-state index contributed by atoms with van der Waals surface area (Å²) in [7, 11) is 0. The number of hydrogen-bond acceptors (Lipinski definition) is 5. The van der Waals surface area contributed by atoms with Crippen LogP contribution in [0.5, 0.6) is 0 Å². The molecule has 0 aromatic carbocycles. The maximum atomic E-state index is 12.4. The topological polar surface area (TPSA) is 66.6 Å². The van der Waals surface area contributed by atoms with Crippen LogP contribution in [-0.2, 0) is 10.5 Å². The highest BCUT2D eigenvalue weighted by molar-refractivity contribution is 7.99. The highest BCUT2D eigenvalue weighted by Gasteiger charge is 2.28. The Morgan fingerprint density at radius 1 is 1.48 bits per heavy atom. The second kappa shape index (κ2) is 7.84. The Hall–Kier alpha value is -1.01. The molecule has 21 heavy (non-hydrogen) atoms. The van der Waals surface area contributed by atoms with E-state index in [0.29, 0.717) is 24.8 Å². The summed E-state index contributed by atoms with van der Waals surface area (Å²) in [5.74, 6) is 2.26. The van der Waals surface area contributed by atoms with Gasteiger partial charge in [0.15, 0.2) is 0 Å². The highest BCUT2D eigenvalue weighted by Crippen LogP contribution is 2.26. The number of thioether (sulfide) groups is 1. The fourth-order valence-electron chi connectivity index (χ4n) is 2.48. The van der Waals surface area contributed by atoms with Crippen molar-refractivity contribution in [2.45, 2.75) is 51.3 Å². The monoisotopic (exact) mass is 312 g/mol. The number of carbonyl (C=O) groups excluding carboxylic acids is 1. The molecule has 6 heteroatoms. The fraction of sp³-hybridized carbons (Fsp3) is 0.733. The van der Waals surface area contributed by atoms with Crippen LogP contribution in [0.2, 0.25) is 0 Å². The van der Waals surface area contributed by atoms with Crippen molar-refractivity contribution in [3.8, 4) is 0 Å². The molecule has 118 valence electrons. The number of aliphatic hydroxyl groups excluding tert-OH is 1. The van der Waals surface area contributed by atoms with Crippen molar-refractivity contribution in [2.24, 2.45) is 0 Å². The number of aromatic nitrogens is 1. The van der Waals surface area contributed by atoms with Crippen LogP contribution in [0.25, 0.3) is 0 Å². The molecule has 0 bridgehead atoms. The zero-order valence-electron chi connectivity index (χ0n) is 12.8. The first-order valence-corrected chi connectivity index (χ1v) is 8.68. The van der Waals surface area contributed by atoms with Gasteiger partial charge >= 0.3 is 0 Å². The summed E-state index contributed by atoms with van der Waals surface area (Å²) < 4.78 is 5.13. The zero-order valence-corrected chi connectivity index (χ0v) is 13.6. The molecule has 5 nitrogen and oxygen atoms in total. The number of nitrogens with zero attached hydrogens (tertiary/aromatic N) is 2. The first-order valence-electron chi connectivity index (χ1n) is 7.53. The third-order valence-electron chi connectivity index (χ3n) is 4.05. The van der Waals surface area contributed by atoms with Gasteiger partial charge in [-0.1, -0.05) is 5.16 Å². The number of amides is 1. The number of aryl methyl sites for hydroxylation is 2. The molecule has 1 N–H and O–H groups in total. The van der Waals surface area contributed by atoms with Crippen molar-refractivity contribution in [2.75, 3.05) is 18.9 Å². The van der Waals surface area contributed by atoms with Crippen LogP contribution < -0.4 is 0 Å². The third-order valence-corrected chi connectivity index (χ3v) is 4.99. The molecular weight excluding hydrogens is 288 g/mol. The standard InChI is InChI=1S/C15H24N2O3S/c1-11-14(12(2)20-16-11)9-21-10-15(19)17(7-4-8-18)13-5-3-6-13/h13,18H,3-10H2,1-2H3. The van der Waals surface area contributed by atoms with Gasteiger partial charge in [-0.15, -0.1) is 11.8 Å². The Labute approximate surface area is 130 Å². The Kier molecular flexibility index (Phi) is 6.11. The molecule has 0 spiro atoms. The van der Waals surface area contributed by atoms with Gasteiger partial charge in [-0.2, -0.15) is 0 Å². The SMILES string of the molecule is Cc1noc(C)c1CSCC(=O)N(CCCO)C1CCC1. The molecule has 0 atom stereocenters. The van der Waals surface area contributed by atoms with E-state index in [4.69, 9.17) is 9.63 Å². The first-order chi connectivity index (χ1) is 10.1. The average molecular weight is 312 g/mol. The van der Waals surface area contributed by atoms with Crippen molar-refractivity contribution in [3.05, 3.63) is 17.0 Å². The van der Waals surface area contributed by atoms with E-state index in [0.717, 1.165) is 35.6 Å². The van der Waals surface area contributed by atoms with Crippen LogP contribution >= 0.6 is 11.8 Å². The molecule has 1 heterocycles. The Balaban J connectivity index is 1.81. The smallest absolute Gasteiger partial charge is 0.232 e. The lowest BCUT2D eigenvalue weighted by Crippen LogP contribution is -2.45. The molecule has 2 rings (SSSR count). The molecule has 1 saturated carbocycles. The molecular formula is C15H24N2O3S. The van der Waals surface area contributed by atoms with Crippen LogP contribution in [0.15, 0.2) is 4.52 Å². The molecule has 1 aromatic heterocycles. The minimum absolute atomic E-state index is 0.142. The minimum atomic E-state index is 0.142. The molecule has 0 saturated heterocycles. The van der Waals surface area contributed by atoms with E-state index < -0.39 is 0 Å². The summed E-state index contributed by atoms with van der Waals surface area (Å²) in [5, 5.41) is 12.9. The van der Waals surface area contributed by atoms with Gasteiger partial charge in [-0.25, -0.2) is 0 Å². The molecule has 1 aliphatic rings. The van der Waals surface area contributed by atoms with Crippen LogP contribution in [0.1, 0.15) is 42.7 Å². The van der Waals surface area contributed by atoms with Crippen molar-refractivity contribution in [3.63, 3.8) is 0 Å². The maximum absolute atomic E-state index is 12.4. The Morgan fingerprint density at radius 3 is 2.76 bits per heavy atom. The average Bonchev–Trinajstić information content (AvgIpc) is 2.72. The Bertz CT molecular complexity index is 452. The van der Waals surface area contributed by atoms with Crippen molar-refractivity contribution in [1.82, 2.24) is 10.1 Å². The van der Waals surface area contributed by atoms with E-state index in [9.17, 15) is 4.79 Å². The number of aliphatic hydroxyl groups is 1. The largest absolute Gasteiger partial charge is 0.396 e. The van der Waals surface area contributed by atoms with E-state index in [-0.39, 0.29) is 12.5 Å². The molecule has 1 fully saturated rings.